The first kappa shape index (κ1) is 74.2. The summed E-state index contributed by atoms with van der Waals surface area (Å²) in [5, 5.41) is 0. The van der Waals surface area contributed by atoms with Crippen LogP contribution in [0.4, 0.5) is 0 Å². The minimum absolute atomic E-state index is 0.0660. The van der Waals surface area contributed by atoms with E-state index in [9.17, 15) is 14.4 Å². The smallest absolute Gasteiger partial charge is 0.306 e. The van der Waals surface area contributed by atoms with Crippen LogP contribution in [0.1, 0.15) is 400 Å². The molecule has 450 valence electrons. The number of unbranched alkanes of at least 4 members (excludes halogenated alkanes) is 52. The highest BCUT2D eigenvalue weighted by molar-refractivity contribution is 5.71. The predicted molar refractivity (Wildman–Crippen MR) is 330 cm³/mol. The summed E-state index contributed by atoms with van der Waals surface area (Å²) in [5.41, 5.74) is 0. The van der Waals surface area contributed by atoms with Gasteiger partial charge in [-0.3, -0.25) is 14.4 Å². The molecular weight excluding hydrogens is 937 g/mol. The van der Waals surface area contributed by atoms with Gasteiger partial charge in [0.05, 0.1) is 0 Å². The van der Waals surface area contributed by atoms with Crippen molar-refractivity contribution in [2.24, 2.45) is 0 Å². The molecular formula is C70H134O6. The molecule has 6 nitrogen and oxygen atoms in total. The third kappa shape index (κ3) is 63.0. The molecule has 0 saturated heterocycles. The van der Waals surface area contributed by atoms with E-state index >= 15 is 0 Å². The molecule has 0 aliphatic rings. The van der Waals surface area contributed by atoms with E-state index in [1.54, 1.807) is 0 Å². The summed E-state index contributed by atoms with van der Waals surface area (Å²) in [7, 11) is 0. The Labute approximate surface area is 475 Å². The molecule has 0 fully saturated rings. The van der Waals surface area contributed by atoms with Gasteiger partial charge >= 0.3 is 17.9 Å². The molecule has 1 atom stereocenters. The van der Waals surface area contributed by atoms with Gasteiger partial charge in [-0.2, -0.15) is 0 Å². The van der Waals surface area contributed by atoms with Crippen LogP contribution in [0.2, 0.25) is 0 Å². The molecule has 0 bridgehead atoms. The van der Waals surface area contributed by atoms with Crippen molar-refractivity contribution in [2.45, 2.75) is 406 Å². The van der Waals surface area contributed by atoms with Crippen molar-refractivity contribution < 1.29 is 28.6 Å². The van der Waals surface area contributed by atoms with Crippen molar-refractivity contribution in [3.05, 3.63) is 12.2 Å². The highest BCUT2D eigenvalue weighted by Gasteiger charge is 2.19. The quantitative estimate of drug-likeness (QED) is 0.0261. The van der Waals surface area contributed by atoms with Crippen LogP contribution in [0.15, 0.2) is 12.2 Å². The van der Waals surface area contributed by atoms with Gasteiger partial charge in [0.25, 0.3) is 0 Å². The van der Waals surface area contributed by atoms with Gasteiger partial charge in [0.2, 0.25) is 0 Å². The van der Waals surface area contributed by atoms with Crippen molar-refractivity contribution in [1.29, 1.82) is 0 Å². The Morgan fingerprint density at radius 3 is 0.697 bits per heavy atom. The van der Waals surface area contributed by atoms with Gasteiger partial charge < -0.3 is 14.2 Å². The van der Waals surface area contributed by atoms with E-state index in [1.807, 2.05) is 0 Å². The largest absolute Gasteiger partial charge is 0.462 e. The topological polar surface area (TPSA) is 78.9 Å². The average molecular weight is 1070 g/mol. The van der Waals surface area contributed by atoms with Gasteiger partial charge in [-0.1, -0.05) is 354 Å². The van der Waals surface area contributed by atoms with E-state index in [0.29, 0.717) is 19.3 Å². The fourth-order valence-corrected chi connectivity index (χ4v) is 10.8. The Hall–Kier alpha value is -1.85. The highest BCUT2D eigenvalue weighted by atomic mass is 16.6. The lowest BCUT2D eigenvalue weighted by Gasteiger charge is -2.18. The Morgan fingerprint density at radius 2 is 0.447 bits per heavy atom. The molecule has 0 heterocycles. The van der Waals surface area contributed by atoms with Crippen LogP contribution in [0.3, 0.4) is 0 Å². The minimum Gasteiger partial charge on any atom is -0.462 e. The van der Waals surface area contributed by atoms with Crippen molar-refractivity contribution in [2.75, 3.05) is 13.2 Å². The maximum absolute atomic E-state index is 12.9. The number of ether oxygens (including phenoxy) is 3. The van der Waals surface area contributed by atoms with Crippen molar-refractivity contribution in [3.8, 4) is 0 Å². The van der Waals surface area contributed by atoms with Crippen LogP contribution in [-0.4, -0.2) is 37.2 Å². The second-order valence-electron chi connectivity index (χ2n) is 23.8. The summed E-state index contributed by atoms with van der Waals surface area (Å²) in [5.74, 6) is -0.845. The first-order chi connectivity index (χ1) is 37.5. The minimum atomic E-state index is -0.769. The Morgan fingerprint density at radius 1 is 0.250 bits per heavy atom. The monoisotopic (exact) mass is 1070 g/mol. The van der Waals surface area contributed by atoms with Gasteiger partial charge in [0.1, 0.15) is 13.2 Å². The SMILES string of the molecule is CCCC/C=C\CCCCCCCC(=O)OCC(COC(=O)CCCCCCCCCCCCCCCCCCCCCCCCCCCCCCC)OC(=O)CCCCCCCCCCCCCCCCCCCC. The fourth-order valence-electron chi connectivity index (χ4n) is 10.8. The zero-order chi connectivity index (χ0) is 55.0. The standard InChI is InChI=1S/C70H134O6/c1-4-7-10-13-16-19-22-24-26-28-30-31-32-33-34-35-36-37-38-39-40-42-43-45-48-51-54-57-60-63-69(72)75-66-67(65-74-68(71)62-59-56-53-50-47-21-18-15-12-9-6-3)76-70(73)64-61-58-55-52-49-46-44-41-29-27-25-23-20-17-14-11-8-5-2/h15,18,67H,4-14,16-17,19-66H2,1-3H3/b18-15-. The lowest BCUT2D eigenvalue weighted by Crippen LogP contribution is -2.30. The fraction of sp³-hybridized carbons (Fsp3) is 0.929. The molecule has 0 aromatic rings. The maximum Gasteiger partial charge on any atom is 0.306 e. The van der Waals surface area contributed by atoms with Gasteiger partial charge in [-0.05, 0) is 38.5 Å². The lowest BCUT2D eigenvalue weighted by atomic mass is 10.0. The van der Waals surface area contributed by atoms with Crippen molar-refractivity contribution in [3.63, 3.8) is 0 Å². The summed E-state index contributed by atoms with van der Waals surface area (Å²) in [6.45, 7) is 6.68. The normalized spacial score (nSPS) is 12.0. The van der Waals surface area contributed by atoms with Crippen molar-refractivity contribution >= 4 is 17.9 Å². The summed E-state index contributed by atoms with van der Waals surface area (Å²) in [6, 6.07) is 0. The van der Waals surface area contributed by atoms with Gasteiger partial charge in [-0.25, -0.2) is 0 Å². The van der Waals surface area contributed by atoms with Gasteiger partial charge in [-0.15, -0.1) is 0 Å². The molecule has 0 radical (unpaired) electrons. The highest BCUT2D eigenvalue weighted by Crippen LogP contribution is 2.19. The second-order valence-corrected chi connectivity index (χ2v) is 23.8. The number of hydrogen-bond donors (Lipinski definition) is 0. The summed E-state index contributed by atoms with van der Waals surface area (Å²) in [6.07, 6.45) is 78.3. The third-order valence-electron chi connectivity index (χ3n) is 16.0. The first-order valence-electron chi connectivity index (χ1n) is 34.7. The predicted octanol–water partition coefficient (Wildman–Crippen LogP) is 23.6. The number of rotatable bonds is 65. The van der Waals surface area contributed by atoms with Crippen LogP contribution in [0.5, 0.6) is 0 Å². The van der Waals surface area contributed by atoms with Crippen LogP contribution in [0.25, 0.3) is 0 Å². The molecule has 0 aromatic carbocycles. The van der Waals surface area contributed by atoms with Crippen LogP contribution < -0.4 is 0 Å². The number of carbonyl (C=O) groups is 3. The molecule has 0 saturated carbocycles. The molecule has 0 rings (SSSR count). The Bertz CT molecular complexity index is 1180. The molecule has 76 heavy (non-hydrogen) atoms. The van der Waals surface area contributed by atoms with Crippen LogP contribution >= 0.6 is 0 Å². The molecule has 0 N–H and O–H groups in total. The van der Waals surface area contributed by atoms with E-state index in [0.717, 1.165) is 64.2 Å². The first-order valence-corrected chi connectivity index (χ1v) is 34.7. The van der Waals surface area contributed by atoms with E-state index in [4.69, 9.17) is 14.2 Å². The van der Waals surface area contributed by atoms with E-state index in [2.05, 4.69) is 32.9 Å². The van der Waals surface area contributed by atoms with Crippen LogP contribution in [-0.2, 0) is 28.6 Å². The zero-order valence-corrected chi connectivity index (χ0v) is 51.8. The van der Waals surface area contributed by atoms with E-state index in [1.165, 1.54) is 295 Å². The summed E-state index contributed by atoms with van der Waals surface area (Å²) >= 11 is 0. The van der Waals surface area contributed by atoms with Crippen molar-refractivity contribution in [1.82, 2.24) is 0 Å². The molecule has 0 spiro atoms. The zero-order valence-electron chi connectivity index (χ0n) is 51.8. The second kappa shape index (κ2) is 65.7. The van der Waals surface area contributed by atoms with E-state index in [-0.39, 0.29) is 31.1 Å². The molecule has 0 amide bonds. The molecule has 6 heteroatoms. The number of carbonyl (C=O) groups excluding carboxylic acids is 3. The Balaban J connectivity index is 4.10. The Kier molecular flexibility index (Phi) is 64.1. The third-order valence-corrected chi connectivity index (χ3v) is 16.0. The number of allylic oxidation sites excluding steroid dienone is 2. The molecule has 0 aromatic heterocycles. The van der Waals surface area contributed by atoms with Gasteiger partial charge in [0, 0.05) is 19.3 Å². The number of esters is 3. The summed E-state index contributed by atoms with van der Waals surface area (Å²) in [4.78, 5) is 38.3. The summed E-state index contributed by atoms with van der Waals surface area (Å²) < 4.78 is 16.9. The molecule has 0 aliphatic carbocycles. The van der Waals surface area contributed by atoms with E-state index < -0.39 is 6.10 Å². The lowest BCUT2D eigenvalue weighted by molar-refractivity contribution is -0.167. The number of hydrogen-bond acceptors (Lipinski definition) is 6. The van der Waals surface area contributed by atoms with Gasteiger partial charge in [0.15, 0.2) is 6.10 Å². The van der Waals surface area contributed by atoms with Crippen LogP contribution in [0, 0.1) is 0 Å². The average Bonchev–Trinajstić information content (AvgIpc) is 3.42. The maximum atomic E-state index is 12.9. The molecule has 1 unspecified atom stereocenters. The molecule has 0 aliphatic heterocycles.